The van der Waals surface area contributed by atoms with E-state index in [0.29, 0.717) is 11.5 Å². The van der Waals surface area contributed by atoms with Crippen LogP contribution in [-0.2, 0) is 6.42 Å². The van der Waals surface area contributed by atoms with Crippen LogP contribution in [0.4, 0.5) is 5.82 Å². The molecule has 0 saturated heterocycles. The second-order valence-corrected chi connectivity index (χ2v) is 4.83. The van der Waals surface area contributed by atoms with Crippen LogP contribution in [0.2, 0.25) is 0 Å². The van der Waals surface area contributed by atoms with E-state index in [1.165, 1.54) is 32.1 Å². The Morgan fingerprint density at radius 2 is 2.06 bits per heavy atom. The van der Waals surface area contributed by atoms with Gasteiger partial charge >= 0.3 is 0 Å². The smallest absolute Gasteiger partial charge is 0.203 e. The third-order valence-corrected chi connectivity index (χ3v) is 3.62. The van der Waals surface area contributed by atoms with Gasteiger partial charge in [0.15, 0.2) is 5.82 Å². The van der Waals surface area contributed by atoms with Gasteiger partial charge in [-0.05, 0) is 5.92 Å². The first-order chi connectivity index (χ1) is 8.34. The second-order valence-electron chi connectivity index (χ2n) is 4.83. The molecule has 5 nitrogen and oxygen atoms in total. The monoisotopic (exact) mass is 231 g/mol. The maximum atomic E-state index is 5.77. The summed E-state index contributed by atoms with van der Waals surface area (Å²) in [5.74, 6) is 2.22. The van der Waals surface area contributed by atoms with E-state index in [1.807, 2.05) is 10.6 Å². The van der Waals surface area contributed by atoms with Crippen molar-refractivity contribution >= 4 is 11.5 Å². The lowest BCUT2D eigenvalue weighted by molar-refractivity contribution is 0.351. The molecule has 17 heavy (non-hydrogen) atoms. The molecule has 2 aromatic rings. The molecule has 1 saturated carbocycles. The van der Waals surface area contributed by atoms with Crippen molar-refractivity contribution in [2.75, 3.05) is 5.73 Å². The van der Waals surface area contributed by atoms with Gasteiger partial charge in [-0.15, -0.1) is 10.2 Å². The Kier molecular flexibility index (Phi) is 2.66. The van der Waals surface area contributed by atoms with Crippen molar-refractivity contribution in [2.45, 2.75) is 38.5 Å². The SMILES string of the molecule is Nc1nccn2c(CC3CCCCC3)nnc12. The molecule has 0 unspecified atom stereocenters. The lowest BCUT2D eigenvalue weighted by Crippen LogP contribution is -2.11. The molecule has 0 bridgehead atoms. The first-order valence-electron chi connectivity index (χ1n) is 6.28. The summed E-state index contributed by atoms with van der Waals surface area (Å²) in [6.07, 6.45) is 11.3. The Hall–Kier alpha value is -1.65. The number of nitrogens with two attached hydrogens (primary N) is 1. The first-order valence-corrected chi connectivity index (χ1v) is 6.28. The van der Waals surface area contributed by atoms with Crippen molar-refractivity contribution in [3.8, 4) is 0 Å². The predicted octanol–water partition coefficient (Wildman–Crippen LogP) is 1.83. The van der Waals surface area contributed by atoms with Crippen LogP contribution in [0, 0.1) is 5.92 Å². The van der Waals surface area contributed by atoms with Crippen LogP contribution in [0.15, 0.2) is 12.4 Å². The number of anilines is 1. The maximum absolute atomic E-state index is 5.77. The highest BCUT2D eigenvalue weighted by Gasteiger charge is 2.17. The van der Waals surface area contributed by atoms with Gasteiger partial charge in [0.05, 0.1) is 0 Å². The van der Waals surface area contributed by atoms with E-state index in [0.717, 1.165) is 18.2 Å². The summed E-state index contributed by atoms with van der Waals surface area (Å²) in [4.78, 5) is 4.02. The summed E-state index contributed by atoms with van der Waals surface area (Å²) >= 11 is 0. The summed E-state index contributed by atoms with van der Waals surface area (Å²) in [7, 11) is 0. The lowest BCUT2D eigenvalue weighted by Gasteiger charge is -2.20. The Morgan fingerprint density at radius 1 is 1.24 bits per heavy atom. The van der Waals surface area contributed by atoms with Gasteiger partial charge < -0.3 is 5.73 Å². The van der Waals surface area contributed by atoms with Crippen molar-refractivity contribution in [2.24, 2.45) is 5.92 Å². The minimum absolute atomic E-state index is 0.454. The Morgan fingerprint density at radius 3 is 2.88 bits per heavy atom. The molecular formula is C12H17N5. The van der Waals surface area contributed by atoms with Gasteiger partial charge in [-0.2, -0.15) is 0 Å². The van der Waals surface area contributed by atoms with Crippen molar-refractivity contribution in [3.63, 3.8) is 0 Å². The minimum Gasteiger partial charge on any atom is -0.381 e. The third-order valence-electron chi connectivity index (χ3n) is 3.62. The molecule has 5 heteroatoms. The molecule has 2 N–H and O–H groups in total. The fourth-order valence-corrected chi connectivity index (χ4v) is 2.68. The zero-order valence-electron chi connectivity index (χ0n) is 9.84. The highest BCUT2D eigenvalue weighted by molar-refractivity contribution is 5.58. The number of nitrogens with zero attached hydrogens (tertiary/aromatic N) is 4. The summed E-state index contributed by atoms with van der Waals surface area (Å²) < 4.78 is 1.97. The van der Waals surface area contributed by atoms with Crippen LogP contribution in [0.5, 0.6) is 0 Å². The van der Waals surface area contributed by atoms with Crippen LogP contribution in [0.3, 0.4) is 0 Å². The van der Waals surface area contributed by atoms with E-state index in [9.17, 15) is 0 Å². The molecule has 0 atom stereocenters. The summed E-state index contributed by atoms with van der Waals surface area (Å²) in [6.45, 7) is 0. The number of nitrogen functional groups attached to an aromatic ring is 1. The molecule has 90 valence electrons. The fourth-order valence-electron chi connectivity index (χ4n) is 2.68. The Bertz CT molecular complexity index is 513. The average Bonchev–Trinajstić information content (AvgIpc) is 2.76. The lowest BCUT2D eigenvalue weighted by atomic mass is 9.87. The zero-order valence-corrected chi connectivity index (χ0v) is 9.84. The highest BCUT2D eigenvalue weighted by atomic mass is 15.3. The van der Waals surface area contributed by atoms with Crippen LogP contribution in [-0.4, -0.2) is 19.6 Å². The molecule has 0 aliphatic heterocycles. The van der Waals surface area contributed by atoms with Crippen LogP contribution < -0.4 is 5.73 Å². The average molecular weight is 231 g/mol. The van der Waals surface area contributed by atoms with Gasteiger partial charge in [-0.1, -0.05) is 32.1 Å². The van der Waals surface area contributed by atoms with E-state index < -0.39 is 0 Å². The molecule has 1 aliphatic rings. The van der Waals surface area contributed by atoms with Crippen LogP contribution in [0.1, 0.15) is 37.9 Å². The Balaban J connectivity index is 1.87. The second kappa shape index (κ2) is 4.31. The van der Waals surface area contributed by atoms with Crippen molar-refractivity contribution in [1.82, 2.24) is 19.6 Å². The van der Waals surface area contributed by atoms with Crippen molar-refractivity contribution in [1.29, 1.82) is 0 Å². The molecule has 0 spiro atoms. The molecule has 2 heterocycles. The van der Waals surface area contributed by atoms with Crippen molar-refractivity contribution < 1.29 is 0 Å². The van der Waals surface area contributed by atoms with Crippen LogP contribution >= 0.6 is 0 Å². The van der Waals surface area contributed by atoms with Gasteiger partial charge in [0.1, 0.15) is 5.82 Å². The van der Waals surface area contributed by atoms with Gasteiger partial charge in [-0.25, -0.2) is 4.98 Å². The number of aromatic nitrogens is 4. The summed E-state index contributed by atoms with van der Waals surface area (Å²) in [6, 6.07) is 0. The fraction of sp³-hybridized carbons (Fsp3) is 0.583. The van der Waals surface area contributed by atoms with E-state index >= 15 is 0 Å². The molecule has 1 fully saturated rings. The topological polar surface area (TPSA) is 69.1 Å². The van der Waals surface area contributed by atoms with E-state index in [-0.39, 0.29) is 0 Å². The predicted molar refractivity (Wildman–Crippen MR) is 65.5 cm³/mol. The number of fused-ring (bicyclic) bond motifs is 1. The van der Waals surface area contributed by atoms with E-state index in [4.69, 9.17) is 5.73 Å². The summed E-state index contributed by atoms with van der Waals surface area (Å²) in [5, 5.41) is 8.35. The first kappa shape index (κ1) is 10.5. The Labute approximate surface area is 100 Å². The standard InChI is InChI=1S/C12H17N5/c13-11-12-16-15-10(17(12)7-6-14-11)8-9-4-2-1-3-5-9/h6-7,9H,1-5,8H2,(H2,13,14). The van der Waals surface area contributed by atoms with E-state index in [2.05, 4.69) is 15.2 Å². The highest BCUT2D eigenvalue weighted by Crippen LogP contribution is 2.26. The zero-order chi connectivity index (χ0) is 11.7. The number of rotatable bonds is 2. The molecule has 0 aromatic carbocycles. The molecule has 3 rings (SSSR count). The molecular weight excluding hydrogens is 214 g/mol. The van der Waals surface area contributed by atoms with Crippen LogP contribution in [0.25, 0.3) is 5.65 Å². The molecule has 0 radical (unpaired) electrons. The van der Waals surface area contributed by atoms with Gasteiger partial charge in [0.2, 0.25) is 5.65 Å². The van der Waals surface area contributed by atoms with Gasteiger partial charge in [0.25, 0.3) is 0 Å². The molecule has 2 aromatic heterocycles. The van der Waals surface area contributed by atoms with E-state index in [1.54, 1.807) is 6.20 Å². The quantitative estimate of drug-likeness (QED) is 0.856. The molecule has 1 aliphatic carbocycles. The van der Waals surface area contributed by atoms with Crippen molar-refractivity contribution in [3.05, 3.63) is 18.2 Å². The van der Waals surface area contributed by atoms with Gasteiger partial charge in [0, 0.05) is 18.8 Å². The molecule has 0 amide bonds. The van der Waals surface area contributed by atoms with Gasteiger partial charge in [-0.3, -0.25) is 4.40 Å². The maximum Gasteiger partial charge on any atom is 0.203 e. The largest absolute Gasteiger partial charge is 0.381 e. The normalized spacial score (nSPS) is 17.6. The minimum atomic E-state index is 0.454. The number of hydrogen-bond donors (Lipinski definition) is 1. The number of hydrogen-bond acceptors (Lipinski definition) is 4. The summed E-state index contributed by atoms with van der Waals surface area (Å²) in [5.41, 5.74) is 6.45. The third kappa shape index (κ3) is 1.97.